The summed E-state index contributed by atoms with van der Waals surface area (Å²) in [7, 11) is 2.07. The molecule has 0 unspecified atom stereocenters. The molecule has 0 aliphatic carbocycles. The van der Waals surface area contributed by atoms with E-state index in [2.05, 4.69) is 24.8 Å². The smallest absolute Gasteiger partial charge is 0.0214 e. The number of rotatable bonds is 3. The van der Waals surface area contributed by atoms with Crippen molar-refractivity contribution in [2.24, 2.45) is 0 Å². The second-order valence-electron chi connectivity index (χ2n) is 1.85. The Morgan fingerprint density at radius 1 is 1.56 bits per heavy atom. The molecular formula is C7H14ClN. The zero-order valence-electron chi connectivity index (χ0n) is 6.05. The van der Waals surface area contributed by atoms with Crippen LogP contribution < -0.4 is 0 Å². The van der Waals surface area contributed by atoms with Crippen molar-refractivity contribution >= 4 is 12.4 Å². The molecule has 0 aromatic rings. The first kappa shape index (κ1) is 11.6. The second kappa shape index (κ2) is 7.81. The van der Waals surface area contributed by atoms with Crippen molar-refractivity contribution in [2.45, 2.75) is 13.3 Å². The molecule has 0 atom stereocenters. The molecule has 0 saturated carbocycles. The first-order valence-electron chi connectivity index (χ1n) is 2.93. The second-order valence-corrected chi connectivity index (χ2v) is 1.85. The fourth-order valence-corrected chi connectivity index (χ4v) is 0.414. The minimum atomic E-state index is 0. The highest BCUT2D eigenvalue weighted by molar-refractivity contribution is 5.85. The quantitative estimate of drug-likeness (QED) is 0.546. The largest absolute Gasteiger partial charge is 0.306 e. The molecular weight excluding hydrogens is 134 g/mol. The molecule has 0 aromatic carbocycles. The van der Waals surface area contributed by atoms with Gasteiger partial charge in [-0.15, -0.1) is 24.8 Å². The SMILES string of the molecule is C#CCCN(C)CC.Cl. The summed E-state index contributed by atoms with van der Waals surface area (Å²) in [6.07, 6.45) is 5.92. The summed E-state index contributed by atoms with van der Waals surface area (Å²) < 4.78 is 0. The third-order valence-corrected chi connectivity index (χ3v) is 1.18. The average molecular weight is 148 g/mol. The van der Waals surface area contributed by atoms with Crippen LogP contribution in [0.1, 0.15) is 13.3 Å². The highest BCUT2D eigenvalue weighted by Crippen LogP contribution is 1.82. The maximum absolute atomic E-state index is 5.05. The third kappa shape index (κ3) is 7.81. The van der Waals surface area contributed by atoms with Gasteiger partial charge >= 0.3 is 0 Å². The fraction of sp³-hybridized carbons (Fsp3) is 0.714. The summed E-state index contributed by atoms with van der Waals surface area (Å²) in [6.45, 7) is 4.23. The number of hydrogen-bond donors (Lipinski definition) is 0. The summed E-state index contributed by atoms with van der Waals surface area (Å²) in [6, 6.07) is 0. The highest BCUT2D eigenvalue weighted by atomic mass is 35.5. The van der Waals surface area contributed by atoms with E-state index in [4.69, 9.17) is 6.42 Å². The van der Waals surface area contributed by atoms with Gasteiger partial charge in [0.1, 0.15) is 0 Å². The first-order valence-corrected chi connectivity index (χ1v) is 2.93. The zero-order chi connectivity index (χ0) is 6.41. The lowest BCUT2D eigenvalue weighted by Crippen LogP contribution is -2.18. The van der Waals surface area contributed by atoms with Crippen molar-refractivity contribution in [3.05, 3.63) is 0 Å². The first-order chi connectivity index (χ1) is 3.81. The van der Waals surface area contributed by atoms with Crippen molar-refractivity contribution in [3.63, 3.8) is 0 Å². The third-order valence-electron chi connectivity index (χ3n) is 1.18. The van der Waals surface area contributed by atoms with Gasteiger partial charge in [-0.3, -0.25) is 0 Å². The van der Waals surface area contributed by atoms with E-state index < -0.39 is 0 Å². The predicted octanol–water partition coefficient (Wildman–Crippen LogP) is 1.38. The van der Waals surface area contributed by atoms with Gasteiger partial charge in [0.2, 0.25) is 0 Å². The van der Waals surface area contributed by atoms with Crippen LogP contribution in [0.3, 0.4) is 0 Å². The van der Waals surface area contributed by atoms with E-state index in [9.17, 15) is 0 Å². The average Bonchev–Trinajstić information content (AvgIpc) is 1.83. The normalized spacial score (nSPS) is 8.22. The Morgan fingerprint density at radius 2 is 2.11 bits per heavy atom. The maximum atomic E-state index is 5.05. The zero-order valence-corrected chi connectivity index (χ0v) is 6.87. The Labute approximate surface area is 63.8 Å². The summed E-state index contributed by atoms with van der Waals surface area (Å²) in [5.41, 5.74) is 0. The van der Waals surface area contributed by atoms with Crippen LogP contribution in [0.15, 0.2) is 0 Å². The minimum Gasteiger partial charge on any atom is -0.306 e. The lowest BCUT2D eigenvalue weighted by molar-refractivity contribution is 0.362. The lowest BCUT2D eigenvalue weighted by atomic mass is 10.4. The molecule has 0 aromatic heterocycles. The van der Waals surface area contributed by atoms with Gasteiger partial charge in [-0.25, -0.2) is 0 Å². The van der Waals surface area contributed by atoms with Crippen LogP contribution in [0, 0.1) is 12.3 Å². The van der Waals surface area contributed by atoms with Crippen molar-refractivity contribution in [3.8, 4) is 12.3 Å². The Bertz CT molecular complexity index is 85.4. The lowest BCUT2D eigenvalue weighted by Gasteiger charge is -2.09. The molecule has 0 aliphatic rings. The van der Waals surface area contributed by atoms with Crippen LogP contribution in [0.4, 0.5) is 0 Å². The van der Waals surface area contributed by atoms with Gasteiger partial charge in [0.25, 0.3) is 0 Å². The van der Waals surface area contributed by atoms with E-state index in [0.29, 0.717) is 0 Å². The van der Waals surface area contributed by atoms with Crippen molar-refractivity contribution in [1.82, 2.24) is 4.90 Å². The number of terminal acetylenes is 1. The van der Waals surface area contributed by atoms with Gasteiger partial charge in [-0.2, -0.15) is 0 Å². The van der Waals surface area contributed by atoms with Crippen LogP contribution >= 0.6 is 12.4 Å². The van der Waals surface area contributed by atoms with Crippen molar-refractivity contribution in [2.75, 3.05) is 20.1 Å². The summed E-state index contributed by atoms with van der Waals surface area (Å²) in [5, 5.41) is 0. The summed E-state index contributed by atoms with van der Waals surface area (Å²) >= 11 is 0. The summed E-state index contributed by atoms with van der Waals surface area (Å²) in [5.74, 6) is 2.59. The molecule has 1 nitrogen and oxygen atoms in total. The molecule has 9 heavy (non-hydrogen) atoms. The predicted molar refractivity (Wildman–Crippen MR) is 43.9 cm³/mol. The molecule has 0 N–H and O–H groups in total. The van der Waals surface area contributed by atoms with Gasteiger partial charge in [-0.05, 0) is 13.6 Å². The number of nitrogens with zero attached hydrogens (tertiary/aromatic N) is 1. The van der Waals surface area contributed by atoms with E-state index in [0.717, 1.165) is 19.5 Å². The van der Waals surface area contributed by atoms with Crippen LogP contribution in [-0.4, -0.2) is 25.0 Å². The molecule has 2 heteroatoms. The van der Waals surface area contributed by atoms with Crippen LogP contribution in [0.25, 0.3) is 0 Å². The van der Waals surface area contributed by atoms with E-state index in [-0.39, 0.29) is 12.4 Å². The van der Waals surface area contributed by atoms with Crippen molar-refractivity contribution in [1.29, 1.82) is 0 Å². The van der Waals surface area contributed by atoms with E-state index in [1.165, 1.54) is 0 Å². The van der Waals surface area contributed by atoms with Gasteiger partial charge in [0, 0.05) is 13.0 Å². The standard InChI is InChI=1S/C7H13N.ClH/c1-4-6-7-8(3)5-2;/h1H,5-7H2,2-3H3;1H. The molecule has 0 aliphatic heterocycles. The van der Waals surface area contributed by atoms with Crippen LogP contribution in [-0.2, 0) is 0 Å². The minimum absolute atomic E-state index is 0. The molecule has 0 bridgehead atoms. The number of halogens is 1. The molecule has 0 fully saturated rings. The molecule has 0 saturated heterocycles. The van der Waals surface area contributed by atoms with Crippen LogP contribution in [0.2, 0.25) is 0 Å². The van der Waals surface area contributed by atoms with Gasteiger partial charge in [0.15, 0.2) is 0 Å². The molecule has 0 radical (unpaired) electrons. The van der Waals surface area contributed by atoms with Gasteiger partial charge < -0.3 is 4.90 Å². The highest BCUT2D eigenvalue weighted by Gasteiger charge is 1.88. The van der Waals surface area contributed by atoms with E-state index >= 15 is 0 Å². The Hall–Kier alpha value is -0.190. The van der Waals surface area contributed by atoms with Crippen LogP contribution in [0.5, 0.6) is 0 Å². The van der Waals surface area contributed by atoms with Crippen molar-refractivity contribution < 1.29 is 0 Å². The summed E-state index contributed by atoms with van der Waals surface area (Å²) in [4.78, 5) is 2.19. The van der Waals surface area contributed by atoms with Gasteiger partial charge in [0.05, 0.1) is 0 Å². The molecule has 54 valence electrons. The van der Waals surface area contributed by atoms with Gasteiger partial charge in [-0.1, -0.05) is 6.92 Å². The molecule has 0 amide bonds. The molecule has 0 spiro atoms. The van der Waals surface area contributed by atoms with E-state index in [1.54, 1.807) is 0 Å². The Balaban J connectivity index is 0. The Morgan fingerprint density at radius 3 is 2.44 bits per heavy atom. The Kier molecular flexibility index (Phi) is 10.1. The molecule has 0 heterocycles. The van der Waals surface area contributed by atoms with E-state index in [1.807, 2.05) is 0 Å². The monoisotopic (exact) mass is 147 g/mol. The maximum Gasteiger partial charge on any atom is 0.0214 e. The topological polar surface area (TPSA) is 3.24 Å². The fourth-order valence-electron chi connectivity index (χ4n) is 0.414. The molecule has 0 rings (SSSR count). The number of hydrogen-bond acceptors (Lipinski definition) is 1.